The molecule has 0 fully saturated rings. The minimum absolute atomic E-state index is 0.0802. The molecule has 0 aliphatic rings. The molecule has 0 bridgehead atoms. The van der Waals surface area contributed by atoms with Crippen LogP contribution in [0.2, 0.25) is 0 Å². The number of carbonyl (C=O) groups is 1. The largest absolute Gasteiger partial charge is 0.398 e. The fourth-order valence-electron chi connectivity index (χ4n) is 1.61. The van der Waals surface area contributed by atoms with Crippen LogP contribution in [-0.2, 0) is 0 Å². The molecule has 0 heterocycles. The van der Waals surface area contributed by atoms with Crippen LogP contribution >= 0.6 is 11.8 Å². The third kappa shape index (κ3) is 3.97. The third-order valence-corrected chi connectivity index (χ3v) is 3.38. The molecule has 0 saturated carbocycles. The maximum absolute atomic E-state index is 12.0. The number of carbonyl (C=O) groups excluding carboxylic acids is 1. The van der Waals surface area contributed by atoms with Crippen LogP contribution in [0.5, 0.6) is 0 Å². The molecule has 1 unspecified atom stereocenters. The van der Waals surface area contributed by atoms with E-state index in [0.29, 0.717) is 11.3 Å². The molecular formula is C13H20N2OS. The minimum atomic E-state index is -0.0802. The summed E-state index contributed by atoms with van der Waals surface area (Å²) in [5, 5.41) is 3.00. The summed E-state index contributed by atoms with van der Waals surface area (Å²) in [6.45, 7) is 4.03. The van der Waals surface area contributed by atoms with Gasteiger partial charge in [0.15, 0.2) is 0 Å². The van der Waals surface area contributed by atoms with E-state index >= 15 is 0 Å². The Labute approximate surface area is 107 Å². The van der Waals surface area contributed by atoms with Crippen LogP contribution in [0, 0.1) is 6.92 Å². The van der Waals surface area contributed by atoms with E-state index in [-0.39, 0.29) is 11.9 Å². The standard InChI is InChI=1S/C13H20N2OS/c1-4-10(8-17-3)15-13(16)11-6-5-9(2)7-12(11)14/h5-7,10H,4,8,14H2,1-3H3,(H,15,16). The highest BCUT2D eigenvalue weighted by Crippen LogP contribution is 2.14. The molecule has 0 aromatic heterocycles. The molecule has 1 aromatic carbocycles. The summed E-state index contributed by atoms with van der Waals surface area (Å²) in [6.07, 6.45) is 2.97. The van der Waals surface area contributed by atoms with Gasteiger partial charge in [0, 0.05) is 17.5 Å². The Hall–Kier alpha value is -1.16. The molecule has 0 radical (unpaired) electrons. The molecule has 4 heteroatoms. The predicted molar refractivity (Wildman–Crippen MR) is 75.5 cm³/mol. The van der Waals surface area contributed by atoms with Gasteiger partial charge in [-0.05, 0) is 37.3 Å². The molecule has 0 spiro atoms. The molecular weight excluding hydrogens is 232 g/mol. The van der Waals surface area contributed by atoms with E-state index in [4.69, 9.17) is 5.73 Å². The molecule has 1 aromatic rings. The van der Waals surface area contributed by atoms with E-state index in [2.05, 4.69) is 12.2 Å². The quantitative estimate of drug-likeness (QED) is 0.791. The summed E-state index contributed by atoms with van der Waals surface area (Å²) in [5.41, 5.74) is 8.02. The summed E-state index contributed by atoms with van der Waals surface area (Å²) in [6, 6.07) is 5.72. The van der Waals surface area contributed by atoms with Crippen molar-refractivity contribution in [1.82, 2.24) is 5.32 Å². The number of rotatable bonds is 5. The first-order valence-corrected chi connectivity index (χ1v) is 7.13. The van der Waals surface area contributed by atoms with Crippen molar-refractivity contribution in [2.24, 2.45) is 0 Å². The summed E-state index contributed by atoms with van der Waals surface area (Å²) in [4.78, 5) is 12.0. The molecule has 17 heavy (non-hydrogen) atoms. The highest BCUT2D eigenvalue weighted by atomic mass is 32.2. The maximum Gasteiger partial charge on any atom is 0.253 e. The molecule has 0 aliphatic carbocycles. The van der Waals surface area contributed by atoms with Crippen LogP contribution in [0.3, 0.4) is 0 Å². The van der Waals surface area contributed by atoms with Gasteiger partial charge in [-0.1, -0.05) is 13.0 Å². The van der Waals surface area contributed by atoms with Gasteiger partial charge in [0.2, 0.25) is 0 Å². The second kappa shape index (κ2) is 6.55. The average molecular weight is 252 g/mol. The first-order valence-electron chi connectivity index (χ1n) is 5.74. The number of hydrogen-bond donors (Lipinski definition) is 2. The molecule has 3 N–H and O–H groups in total. The van der Waals surface area contributed by atoms with Crippen LogP contribution in [-0.4, -0.2) is 24.0 Å². The zero-order valence-electron chi connectivity index (χ0n) is 10.6. The molecule has 0 saturated heterocycles. The van der Waals surface area contributed by atoms with Gasteiger partial charge in [-0.2, -0.15) is 11.8 Å². The van der Waals surface area contributed by atoms with Gasteiger partial charge in [-0.15, -0.1) is 0 Å². The zero-order valence-corrected chi connectivity index (χ0v) is 11.4. The van der Waals surface area contributed by atoms with Gasteiger partial charge in [0.05, 0.1) is 5.56 Å². The van der Waals surface area contributed by atoms with E-state index in [9.17, 15) is 4.79 Å². The second-order valence-corrected chi connectivity index (χ2v) is 5.04. The summed E-state index contributed by atoms with van der Waals surface area (Å²) >= 11 is 1.73. The minimum Gasteiger partial charge on any atom is -0.398 e. The Morgan fingerprint density at radius 2 is 2.24 bits per heavy atom. The monoisotopic (exact) mass is 252 g/mol. The van der Waals surface area contributed by atoms with Gasteiger partial charge in [0.1, 0.15) is 0 Å². The fraction of sp³-hybridized carbons (Fsp3) is 0.462. The normalized spacial score (nSPS) is 12.2. The number of thioether (sulfide) groups is 1. The zero-order chi connectivity index (χ0) is 12.8. The first kappa shape index (κ1) is 13.9. The molecule has 3 nitrogen and oxygen atoms in total. The van der Waals surface area contributed by atoms with Crippen molar-refractivity contribution in [3.63, 3.8) is 0 Å². The number of hydrogen-bond acceptors (Lipinski definition) is 3. The van der Waals surface area contributed by atoms with Crippen molar-refractivity contribution >= 4 is 23.4 Å². The Kier molecular flexibility index (Phi) is 5.35. The average Bonchev–Trinajstić information content (AvgIpc) is 2.28. The van der Waals surface area contributed by atoms with Crippen molar-refractivity contribution in [2.75, 3.05) is 17.7 Å². The number of nitrogen functional groups attached to an aromatic ring is 1. The summed E-state index contributed by atoms with van der Waals surface area (Å²) in [7, 11) is 0. The van der Waals surface area contributed by atoms with Crippen molar-refractivity contribution in [3.8, 4) is 0 Å². The number of aryl methyl sites for hydroxylation is 1. The van der Waals surface area contributed by atoms with Crippen molar-refractivity contribution in [1.29, 1.82) is 0 Å². The second-order valence-electron chi connectivity index (χ2n) is 4.12. The topological polar surface area (TPSA) is 55.1 Å². The lowest BCUT2D eigenvalue weighted by Gasteiger charge is -2.16. The maximum atomic E-state index is 12.0. The Morgan fingerprint density at radius 1 is 1.53 bits per heavy atom. The Balaban J connectivity index is 2.75. The summed E-state index contributed by atoms with van der Waals surface area (Å²) in [5.74, 6) is 0.844. The molecule has 1 atom stereocenters. The van der Waals surface area contributed by atoms with Crippen LogP contribution < -0.4 is 11.1 Å². The first-order chi connectivity index (χ1) is 8.08. The van der Waals surface area contributed by atoms with Crippen LogP contribution in [0.25, 0.3) is 0 Å². The van der Waals surface area contributed by atoms with Gasteiger partial charge in [-0.25, -0.2) is 0 Å². The fourth-order valence-corrected chi connectivity index (χ4v) is 2.34. The lowest BCUT2D eigenvalue weighted by molar-refractivity contribution is 0.0941. The number of nitrogens with one attached hydrogen (secondary N) is 1. The lowest BCUT2D eigenvalue weighted by Crippen LogP contribution is -2.36. The highest BCUT2D eigenvalue weighted by molar-refractivity contribution is 7.98. The predicted octanol–water partition coefficient (Wildman–Crippen LogP) is 2.45. The number of benzene rings is 1. The number of amides is 1. The van der Waals surface area contributed by atoms with Gasteiger partial charge in [-0.3, -0.25) is 4.79 Å². The SMILES string of the molecule is CCC(CSC)NC(=O)c1ccc(C)cc1N. The van der Waals surface area contributed by atoms with Crippen LogP contribution in [0.15, 0.2) is 18.2 Å². The van der Waals surface area contributed by atoms with Gasteiger partial charge >= 0.3 is 0 Å². The van der Waals surface area contributed by atoms with E-state index in [0.717, 1.165) is 17.7 Å². The van der Waals surface area contributed by atoms with E-state index in [1.807, 2.05) is 25.3 Å². The van der Waals surface area contributed by atoms with Crippen molar-refractivity contribution < 1.29 is 4.79 Å². The van der Waals surface area contributed by atoms with E-state index in [1.54, 1.807) is 17.8 Å². The smallest absolute Gasteiger partial charge is 0.253 e. The molecule has 94 valence electrons. The molecule has 1 rings (SSSR count). The van der Waals surface area contributed by atoms with Crippen LogP contribution in [0.1, 0.15) is 29.3 Å². The van der Waals surface area contributed by atoms with Crippen LogP contribution in [0.4, 0.5) is 5.69 Å². The van der Waals surface area contributed by atoms with Crippen molar-refractivity contribution in [2.45, 2.75) is 26.3 Å². The van der Waals surface area contributed by atoms with E-state index < -0.39 is 0 Å². The van der Waals surface area contributed by atoms with Crippen molar-refractivity contribution in [3.05, 3.63) is 29.3 Å². The summed E-state index contributed by atoms with van der Waals surface area (Å²) < 4.78 is 0. The van der Waals surface area contributed by atoms with E-state index in [1.165, 1.54) is 0 Å². The Morgan fingerprint density at radius 3 is 2.76 bits per heavy atom. The lowest BCUT2D eigenvalue weighted by atomic mass is 10.1. The Bertz CT molecular complexity index is 393. The van der Waals surface area contributed by atoms with Gasteiger partial charge < -0.3 is 11.1 Å². The third-order valence-electron chi connectivity index (χ3n) is 2.65. The number of anilines is 1. The van der Waals surface area contributed by atoms with Gasteiger partial charge in [0.25, 0.3) is 5.91 Å². The molecule has 0 aliphatic heterocycles. The number of nitrogens with two attached hydrogens (primary N) is 1. The molecule has 1 amide bonds. The highest BCUT2D eigenvalue weighted by Gasteiger charge is 2.13.